The van der Waals surface area contributed by atoms with Gasteiger partial charge in [0.15, 0.2) is 11.5 Å². The Morgan fingerprint density at radius 3 is 2.31 bits per heavy atom. The molecular formula is C54H59ClN12O4. The number of ether oxygens (including phenoxy) is 2. The molecule has 4 fully saturated rings. The van der Waals surface area contributed by atoms with E-state index in [1.54, 1.807) is 31.2 Å². The number of fused-ring (bicyclic) bond motifs is 2. The van der Waals surface area contributed by atoms with E-state index in [0.717, 1.165) is 161 Å². The van der Waals surface area contributed by atoms with Crippen LogP contribution < -0.4 is 19.9 Å². The smallest absolute Gasteiger partial charge is 0.272 e. The largest absolute Gasteiger partial charge is 0.490 e. The Hall–Kier alpha value is -6.67. The molecule has 16 nitrogen and oxygen atoms in total. The van der Waals surface area contributed by atoms with Gasteiger partial charge in [0.2, 0.25) is 5.91 Å². The summed E-state index contributed by atoms with van der Waals surface area (Å²) in [5.41, 5.74) is 6.98. The van der Waals surface area contributed by atoms with Crippen LogP contribution in [0.3, 0.4) is 0 Å². The summed E-state index contributed by atoms with van der Waals surface area (Å²) in [6.07, 6.45) is 12.0. The van der Waals surface area contributed by atoms with E-state index in [2.05, 4.69) is 77.4 Å². The summed E-state index contributed by atoms with van der Waals surface area (Å²) < 4.78 is 14.0. The number of rotatable bonds is 10. The van der Waals surface area contributed by atoms with Crippen molar-refractivity contribution < 1.29 is 19.1 Å². The van der Waals surface area contributed by atoms with Crippen LogP contribution in [0.25, 0.3) is 33.3 Å². The first-order valence-corrected chi connectivity index (χ1v) is 25.7. The van der Waals surface area contributed by atoms with E-state index < -0.39 is 0 Å². The number of benzene rings is 2. The lowest BCUT2D eigenvalue weighted by Crippen LogP contribution is -2.53. The zero-order chi connectivity index (χ0) is 48.4. The number of carbonyl (C=O) groups is 2. The number of nitriles is 1. The Morgan fingerprint density at radius 1 is 0.803 bits per heavy atom. The lowest BCUT2D eigenvalue weighted by molar-refractivity contribution is -0.129. The van der Waals surface area contributed by atoms with Gasteiger partial charge in [0, 0.05) is 137 Å². The van der Waals surface area contributed by atoms with Crippen LogP contribution >= 0.6 is 11.6 Å². The van der Waals surface area contributed by atoms with Crippen molar-refractivity contribution in [3.8, 4) is 34.3 Å². The predicted octanol–water partition coefficient (Wildman–Crippen LogP) is 7.64. The molecule has 1 N–H and O–H groups in total. The first-order chi connectivity index (χ1) is 34.7. The van der Waals surface area contributed by atoms with Crippen molar-refractivity contribution in [1.29, 1.82) is 5.26 Å². The summed E-state index contributed by atoms with van der Waals surface area (Å²) in [6.45, 7) is 9.93. The van der Waals surface area contributed by atoms with Crippen LogP contribution in [-0.4, -0.2) is 129 Å². The lowest BCUT2D eigenvalue weighted by atomic mass is 9.93. The third kappa shape index (κ3) is 10.0. The van der Waals surface area contributed by atoms with Crippen molar-refractivity contribution in [2.45, 2.75) is 95.5 Å². The van der Waals surface area contributed by atoms with E-state index in [1.807, 2.05) is 23.4 Å². The fourth-order valence-corrected chi connectivity index (χ4v) is 11.5. The molecule has 3 saturated heterocycles. The van der Waals surface area contributed by atoms with E-state index in [9.17, 15) is 9.59 Å². The molecule has 1 saturated carbocycles. The molecule has 11 rings (SSSR count). The lowest BCUT2D eigenvalue weighted by Gasteiger charge is -2.43. The second kappa shape index (κ2) is 20.6. The highest BCUT2D eigenvalue weighted by molar-refractivity contribution is 6.31. The maximum Gasteiger partial charge on any atom is 0.272 e. The minimum atomic E-state index is -0.208. The molecule has 0 radical (unpaired) electrons. The van der Waals surface area contributed by atoms with Gasteiger partial charge in [0.05, 0.1) is 34.1 Å². The minimum Gasteiger partial charge on any atom is -0.490 e. The third-order valence-electron chi connectivity index (χ3n) is 15.3. The topological polar surface area (TPSA) is 171 Å². The fourth-order valence-electron chi connectivity index (χ4n) is 11.3. The molecule has 2 aromatic carbocycles. The second-order valence-electron chi connectivity index (χ2n) is 19.6. The number of piperazine rings is 1. The van der Waals surface area contributed by atoms with Crippen LogP contribution in [0.4, 0.5) is 11.6 Å². The number of hydrogen-bond donors (Lipinski definition) is 1. The predicted molar refractivity (Wildman–Crippen MR) is 271 cm³/mol. The maximum atomic E-state index is 13.1. The molecule has 5 aliphatic rings. The average molecular weight is 976 g/mol. The highest BCUT2D eigenvalue weighted by atomic mass is 35.5. The summed E-state index contributed by atoms with van der Waals surface area (Å²) in [6, 6.07) is 24.5. The first-order valence-electron chi connectivity index (χ1n) is 25.3. The Labute approximate surface area is 418 Å². The fraction of sp³-hybridized carbons (Fsp3) is 0.444. The standard InChI is InChI=1S/C54H59ClN12O4/c1-35(68)66-22-17-50-46(34-66)53(62-67(50)41-18-27-70-28-19-41)44-4-2-3-36-29-49(57-33-45(36)44)38-6-13-51(58-32-38)64-20-15-40(16-21-64)63-23-25-65(26-24-63)52-14-12-48(60-61-52)54(69)59-39-7-10-42(11-8-39)71-43-9-5-37(31-56)47(55)30-43/h2-6,9,12-14,29-30,32-33,39-42H,7-8,10-11,15-28,34H2,1H3,(H,59,69). The van der Waals surface area contributed by atoms with Crippen molar-refractivity contribution in [2.75, 3.05) is 68.8 Å². The van der Waals surface area contributed by atoms with Gasteiger partial charge >= 0.3 is 0 Å². The molecule has 0 atom stereocenters. The zero-order valence-electron chi connectivity index (χ0n) is 40.2. The van der Waals surface area contributed by atoms with E-state index >= 15 is 0 Å². The molecule has 71 heavy (non-hydrogen) atoms. The van der Waals surface area contributed by atoms with Gasteiger partial charge in [-0.3, -0.25) is 24.2 Å². The van der Waals surface area contributed by atoms with Crippen molar-refractivity contribution in [3.05, 3.63) is 107 Å². The number of pyridine rings is 2. The van der Waals surface area contributed by atoms with Crippen LogP contribution in [0.2, 0.25) is 5.02 Å². The van der Waals surface area contributed by atoms with Crippen molar-refractivity contribution in [3.63, 3.8) is 0 Å². The first kappa shape index (κ1) is 46.7. The quantitative estimate of drug-likeness (QED) is 0.142. The van der Waals surface area contributed by atoms with Crippen LogP contribution in [0, 0.1) is 11.3 Å². The minimum absolute atomic E-state index is 0.0289. The Kier molecular flexibility index (Phi) is 13.5. The monoisotopic (exact) mass is 974 g/mol. The summed E-state index contributed by atoms with van der Waals surface area (Å²) in [5.74, 6) is 2.32. The van der Waals surface area contributed by atoms with Crippen LogP contribution in [0.5, 0.6) is 5.75 Å². The van der Waals surface area contributed by atoms with Crippen molar-refractivity contribution in [1.82, 2.24) is 45.1 Å². The third-order valence-corrected chi connectivity index (χ3v) is 15.6. The number of halogens is 1. The summed E-state index contributed by atoms with van der Waals surface area (Å²) in [4.78, 5) is 44.8. The molecule has 17 heteroatoms. The van der Waals surface area contributed by atoms with Gasteiger partial charge in [-0.15, -0.1) is 10.2 Å². The van der Waals surface area contributed by atoms with Gasteiger partial charge in [-0.25, -0.2) is 4.98 Å². The van der Waals surface area contributed by atoms with Gasteiger partial charge in [0.1, 0.15) is 17.6 Å². The molecule has 366 valence electrons. The molecule has 4 aromatic heterocycles. The van der Waals surface area contributed by atoms with Gasteiger partial charge in [-0.2, -0.15) is 10.4 Å². The van der Waals surface area contributed by atoms with E-state index in [1.165, 1.54) is 5.69 Å². The number of anilines is 2. The van der Waals surface area contributed by atoms with Gasteiger partial charge in [0.25, 0.3) is 5.91 Å². The molecule has 8 heterocycles. The van der Waals surface area contributed by atoms with Crippen LogP contribution in [0.15, 0.2) is 79.1 Å². The molecular weight excluding hydrogens is 916 g/mol. The van der Waals surface area contributed by atoms with Crippen LogP contribution in [0.1, 0.15) is 91.6 Å². The van der Waals surface area contributed by atoms with Crippen LogP contribution in [-0.2, 0) is 22.5 Å². The molecule has 0 unspecified atom stereocenters. The highest BCUT2D eigenvalue weighted by Gasteiger charge is 2.32. The van der Waals surface area contributed by atoms with Gasteiger partial charge in [-0.05, 0) is 99.2 Å². The Bertz CT molecular complexity index is 2930. The second-order valence-corrected chi connectivity index (χ2v) is 20.0. The number of carbonyl (C=O) groups excluding carboxylic acids is 2. The molecule has 0 bridgehead atoms. The molecule has 4 aliphatic heterocycles. The Balaban J connectivity index is 0.654. The molecule has 2 amide bonds. The summed E-state index contributed by atoms with van der Waals surface area (Å²) >= 11 is 6.18. The number of hydrogen-bond acceptors (Lipinski definition) is 13. The number of nitrogens with one attached hydrogen (secondary N) is 1. The maximum absolute atomic E-state index is 13.1. The van der Waals surface area contributed by atoms with Crippen molar-refractivity contribution in [2.24, 2.45) is 0 Å². The van der Waals surface area contributed by atoms with Gasteiger partial charge in [-0.1, -0.05) is 29.8 Å². The van der Waals surface area contributed by atoms with Crippen molar-refractivity contribution >= 4 is 45.8 Å². The number of amides is 2. The van der Waals surface area contributed by atoms with E-state index in [4.69, 9.17) is 41.4 Å². The highest BCUT2D eigenvalue weighted by Crippen LogP contribution is 2.38. The summed E-state index contributed by atoms with van der Waals surface area (Å²) in [5, 5.41) is 28.9. The zero-order valence-corrected chi connectivity index (χ0v) is 40.9. The number of piperidine rings is 1. The molecule has 6 aromatic rings. The van der Waals surface area contributed by atoms with E-state index in [0.29, 0.717) is 47.2 Å². The Morgan fingerprint density at radius 2 is 1.59 bits per heavy atom. The van der Waals surface area contributed by atoms with Gasteiger partial charge < -0.3 is 29.5 Å². The normalized spacial score (nSPS) is 20.4. The molecule has 0 spiro atoms. The van der Waals surface area contributed by atoms with E-state index in [-0.39, 0.29) is 24.0 Å². The molecule has 1 aliphatic carbocycles. The average Bonchev–Trinajstić information content (AvgIpc) is 3.80. The number of aromatic nitrogens is 6. The SMILES string of the molecule is CC(=O)N1CCc2c(c(-c3cccc4cc(-c5ccc(N6CCC(N7CCN(c8ccc(C(=O)NC9CCC(Oc%10ccc(C#N)c(Cl)c%10)CC9)nn8)CC7)CC6)nc5)ncc34)nn2C2CCOCC2)C1. The number of nitrogens with zero attached hydrogens (tertiary/aromatic N) is 11. The summed E-state index contributed by atoms with van der Waals surface area (Å²) in [7, 11) is 0.